The highest BCUT2D eigenvalue weighted by atomic mass is 127. The van der Waals surface area contributed by atoms with Gasteiger partial charge in [0.15, 0.2) is 0 Å². The van der Waals surface area contributed by atoms with Gasteiger partial charge in [0.1, 0.15) is 5.82 Å². The Bertz CT molecular complexity index is 563. The quantitative estimate of drug-likeness (QED) is 0.429. The van der Waals surface area contributed by atoms with Gasteiger partial charge < -0.3 is 5.11 Å². The summed E-state index contributed by atoms with van der Waals surface area (Å²) in [6.07, 6.45) is 4.31. The van der Waals surface area contributed by atoms with Crippen LogP contribution in [0, 0.1) is 5.82 Å². The number of hydrogen-bond donors (Lipinski definition) is 1. The van der Waals surface area contributed by atoms with Gasteiger partial charge in [0.05, 0.1) is 18.1 Å². The molecule has 1 unspecified atom stereocenters. The molecule has 1 N–H and O–H groups in total. The van der Waals surface area contributed by atoms with Gasteiger partial charge in [0, 0.05) is 28.1 Å². The van der Waals surface area contributed by atoms with E-state index in [0.717, 1.165) is 21.8 Å². The number of rotatable bonds is 5. The summed E-state index contributed by atoms with van der Waals surface area (Å²) in [5.74, 6) is -0.205. The predicted octanol–water partition coefficient (Wildman–Crippen LogP) is 4.04. The fourth-order valence-electron chi connectivity index (χ4n) is 1.85. The Morgan fingerprint density at radius 2 is 2.28 bits per heavy atom. The van der Waals surface area contributed by atoms with Crippen LogP contribution in [0.3, 0.4) is 0 Å². The van der Waals surface area contributed by atoms with Crippen molar-refractivity contribution < 1.29 is 9.50 Å². The van der Waals surface area contributed by atoms with Crippen molar-refractivity contribution in [2.24, 2.45) is 0 Å². The summed E-state index contributed by atoms with van der Waals surface area (Å²) in [4.78, 5) is 0. The van der Waals surface area contributed by atoms with Crippen molar-refractivity contribution in [3.8, 4) is 0 Å². The minimum Gasteiger partial charge on any atom is -0.396 e. The maximum Gasteiger partial charge on any atom is 0.129 e. The van der Waals surface area contributed by atoms with Crippen molar-refractivity contribution in [2.75, 3.05) is 6.61 Å². The van der Waals surface area contributed by atoms with Gasteiger partial charge in [0.25, 0.3) is 0 Å². The highest BCUT2D eigenvalue weighted by Gasteiger charge is 2.14. The number of fused-ring (bicyclic) bond motifs is 1. The summed E-state index contributed by atoms with van der Waals surface area (Å²) < 4.78 is 16.6. The molecule has 2 rings (SSSR count). The second-order valence-electron chi connectivity index (χ2n) is 3.91. The fourth-order valence-corrected chi connectivity index (χ4v) is 4.07. The summed E-state index contributed by atoms with van der Waals surface area (Å²) in [6, 6.07) is 1.55. The van der Waals surface area contributed by atoms with Gasteiger partial charge in [-0.1, -0.05) is 0 Å². The third kappa shape index (κ3) is 2.86. The Labute approximate surface area is 128 Å². The number of aliphatic hydroxyl groups is 1. The number of unbranched alkanes of at least 4 members (excludes halogenated alkanes) is 1. The van der Waals surface area contributed by atoms with Crippen molar-refractivity contribution in [2.45, 2.75) is 19.3 Å². The number of hydrogen-bond acceptors (Lipinski definition) is 2. The molecule has 0 aliphatic rings. The lowest BCUT2D eigenvalue weighted by Gasteiger charge is -2.08. The minimum atomic E-state index is -0.205. The molecule has 3 nitrogen and oxygen atoms in total. The van der Waals surface area contributed by atoms with Crippen molar-refractivity contribution in [1.29, 1.82) is 0 Å². The lowest BCUT2D eigenvalue weighted by Crippen LogP contribution is -1.96. The number of nitrogens with zero attached hydrogens (tertiary/aromatic N) is 2. The summed E-state index contributed by atoms with van der Waals surface area (Å²) in [7, 11) is 0. The van der Waals surface area contributed by atoms with Gasteiger partial charge >= 0.3 is 0 Å². The number of aromatic nitrogens is 2. The van der Waals surface area contributed by atoms with Crippen molar-refractivity contribution in [3.63, 3.8) is 0 Å². The van der Waals surface area contributed by atoms with Gasteiger partial charge in [-0.25, -0.2) is 8.84 Å². The first kappa shape index (κ1) is 14.6. The lowest BCUT2D eigenvalue weighted by atomic mass is 10.1. The van der Waals surface area contributed by atoms with E-state index in [1.165, 1.54) is 0 Å². The van der Waals surface area contributed by atoms with Crippen LogP contribution in [0.15, 0.2) is 16.7 Å². The van der Waals surface area contributed by atoms with E-state index in [9.17, 15) is 4.39 Å². The van der Waals surface area contributed by atoms with E-state index < -0.39 is 0 Å². The molecular weight excluding hydrogens is 433 g/mol. The Kier molecular flexibility index (Phi) is 5.35. The Hall–Kier alpha value is 0.220. The van der Waals surface area contributed by atoms with Crippen molar-refractivity contribution >= 4 is 55.2 Å². The molecule has 0 aliphatic heterocycles. The number of halogens is 3. The molecule has 0 saturated carbocycles. The monoisotopic (exact) mass is 444 g/mol. The van der Waals surface area contributed by atoms with Crippen LogP contribution in [0.4, 0.5) is 4.39 Å². The third-order valence-corrected chi connectivity index (χ3v) is 5.57. The average Bonchev–Trinajstić information content (AvgIpc) is 2.76. The van der Waals surface area contributed by atoms with E-state index >= 15 is 0 Å². The van der Waals surface area contributed by atoms with E-state index in [1.54, 1.807) is 16.7 Å². The zero-order valence-electron chi connectivity index (χ0n) is 9.46. The third-order valence-electron chi connectivity index (χ3n) is 2.77. The molecule has 98 valence electrons. The highest BCUT2D eigenvalue weighted by Crippen LogP contribution is 2.35. The molecule has 1 aromatic heterocycles. The molecule has 1 heterocycles. The zero-order valence-corrected chi connectivity index (χ0v) is 14.2. The zero-order chi connectivity index (χ0) is 13.1. The van der Waals surface area contributed by atoms with Crippen molar-refractivity contribution in [3.05, 3.63) is 28.1 Å². The van der Waals surface area contributed by atoms with Gasteiger partial charge in [-0.05, 0) is 57.2 Å². The molecule has 0 spiro atoms. The topological polar surface area (TPSA) is 38.1 Å². The van der Waals surface area contributed by atoms with E-state index in [2.05, 4.69) is 43.1 Å². The molecule has 1 aromatic carbocycles. The molecule has 18 heavy (non-hydrogen) atoms. The van der Waals surface area contributed by atoms with Gasteiger partial charge in [0.2, 0.25) is 0 Å². The normalized spacial score (nSPS) is 12.0. The average molecular weight is 445 g/mol. The highest BCUT2D eigenvalue weighted by molar-refractivity contribution is 14.2. The maximum absolute atomic E-state index is 14.1. The molecule has 0 saturated heterocycles. The van der Waals surface area contributed by atoms with Crippen LogP contribution in [0.25, 0.3) is 10.9 Å². The molecule has 7 heteroatoms. The molecule has 0 bridgehead atoms. The maximum atomic E-state index is 14.1. The van der Waals surface area contributed by atoms with Crippen LogP contribution >= 0.6 is 44.3 Å². The smallest absolute Gasteiger partial charge is 0.129 e. The van der Waals surface area contributed by atoms with Crippen LogP contribution < -0.4 is 0 Å². The Balaban J connectivity index is 2.42. The van der Waals surface area contributed by atoms with Crippen LogP contribution in [-0.2, 0) is 6.42 Å². The largest absolute Gasteiger partial charge is 0.396 e. The van der Waals surface area contributed by atoms with E-state index in [1.807, 2.05) is 0 Å². The van der Waals surface area contributed by atoms with Crippen molar-refractivity contribution in [1.82, 2.24) is 9.55 Å². The molecule has 0 aliphatic carbocycles. The van der Waals surface area contributed by atoms with Gasteiger partial charge in [-0.15, -0.1) is 0 Å². The molecule has 2 aromatic rings. The lowest BCUT2D eigenvalue weighted by molar-refractivity contribution is 0.284. The molecule has 0 fully saturated rings. The molecule has 0 radical (unpaired) electrons. The van der Waals surface area contributed by atoms with E-state index in [4.69, 9.17) is 5.11 Å². The molecular formula is C11H12BrFIN2OP. The van der Waals surface area contributed by atoms with Crippen LogP contribution in [0.1, 0.15) is 18.4 Å². The fraction of sp³-hybridized carbons (Fsp3) is 0.364. The van der Waals surface area contributed by atoms with Gasteiger partial charge in [-0.3, -0.25) is 0 Å². The number of benzene rings is 1. The minimum absolute atomic E-state index is 0.148. The predicted molar refractivity (Wildman–Crippen MR) is 85.1 cm³/mol. The summed E-state index contributed by atoms with van der Waals surface area (Å²) in [5.41, 5.74) is 1.49. The Morgan fingerprint density at radius 1 is 1.50 bits per heavy atom. The summed E-state index contributed by atoms with van der Waals surface area (Å²) in [6.45, 7) is 0.148. The first-order valence-corrected chi connectivity index (χ1v) is 10.4. The first-order chi connectivity index (χ1) is 8.69. The Morgan fingerprint density at radius 3 is 2.94 bits per heavy atom. The van der Waals surface area contributed by atoms with Crippen LogP contribution in [0.5, 0.6) is 0 Å². The first-order valence-electron chi connectivity index (χ1n) is 5.51. The van der Waals surface area contributed by atoms with Crippen LogP contribution in [0.2, 0.25) is 0 Å². The standard InChI is InChI=1S/C11H12BrFIN2OP/c12-11-7(3-1-2-4-17)9(13)5-10-8(11)6-15-16(10)18-14/h5-6,17-18H,1-4H2. The second-order valence-corrected chi connectivity index (χ2v) is 6.74. The molecule has 0 amide bonds. The van der Waals surface area contributed by atoms with Gasteiger partial charge in [-0.2, -0.15) is 5.10 Å². The number of aliphatic hydroxyl groups excluding tert-OH is 1. The van der Waals surface area contributed by atoms with Crippen LogP contribution in [-0.4, -0.2) is 21.3 Å². The summed E-state index contributed by atoms with van der Waals surface area (Å²) in [5, 5.41) is 14.0. The SMILES string of the molecule is OCCCCc1c(F)cc2c(cnn2PI)c1Br. The molecule has 1 atom stereocenters. The van der Waals surface area contributed by atoms with E-state index in [-0.39, 0.29) is 12.4 Å². The second kappa shape index (κ2) is 6.59. The van der Waals surface area contributed by atoms with E-state index in [0.29, 0.717) is 24.8 Å². The summed E-state index contributed by atoms with van der Waals surface area (Å²) >= 11 is 5.69.